The molecule has 1 N–H and O–H groups in total. The lowest BCUT2D eigenvalue weighted by atomic mass is 10.4. The van der Waals surface area contributed by atoms with Crippen molar-refractivity contribution in [1.29, 1.82) is 0 Å². The van der Waals surface area contributed by atoms with Crippen LogP contribution in [-0.4, -0.2) is 14.9 Å². The number of aryl methyl sites for hydroxylation is 2. The summed E-state index contributed by atoms with van der Waals surface area (Å²) in [5, 5.41) is 13.8. The second kappa shape index (κ2) is 5.23. The molecule has 0 aromatic carbocycles. The van der Waals surface area contributed by atoms with Gasteiger partial charge in [0.2, 0.25) is 11.7 Å². The lowest BCUT2D eigenvalue weighted by Crippen LogP contribution is -2.05. The molecule has 2 aromatic rings. The molecule has 0 saturated heterocycles. The number of oxazole rings is 1. The molecule has 7 nitrogen and oxygen atoms in total. The molecular formula is C11H11ClN4O3. The largest absolute Gasteiger partial charge is 0.444 e. The van der Waals surface area contributed by atoms with Crippen molar-refractivity contribution in [2.24, 2.45) is 0 Å². The van der Waals surface area contributed by atoms with Crippen LogP contribution in [0.3, 0.4) is 0 Å². The van der Waals surface area contributed by atoms with Crippen LogP contribution in [0, 0.1) is 24.0 Å². The van der Waals surface area contributed by atoms with E-state index < -0.39 is 4.92 Å². The van der Waals surface area contributed by atoms with Crippen molar-refractivity contribution in [1.82, 2.24) is 9.97 Å². The van der Waals surface area contributed by atoms with E-state index in [1.165, 1.54) is 12.1 Å². The Balaban J connectivity index is 2.19. The van der Waals surface area contributed by atoms with E-state index in [-0.39, 0.29) is 23.2 Å². The number of hydrogen-bond acceptors (Lipinski definition) is 6. The highest BCUT2D eigenvalue weighted by molar-refractivity contribution is 6.29. The Morgan fingerprint density at radius 3 is 2.74 bits per heavy atom. The minimum atomic E-state index is -0.530. The standard InChI is InChI=1S/C11H11ClN4O3/c1-6-7(2)19-10(14-6)5-13-11-8(16(17)18)3-4-9(12)15-11/h3-4H,5H2,1-2H3,(H,13,15). The predicted octanol–water partition coefficient (Wildman–Crippen LogP) is 2.86. The second-order valence-electron chi connectivity index (χ2n) is 3.86. The van der Waals surface area contributed by atoms with Gasteiger partial charge in [0.1, 0.15) is 10.9 Å². The van der Waals surface area contributed by atoms with Crippen LogP contribution in [0.5, 0.6) is 0 Å². The van der Waals surface area contributed by atoms with Crippen molar-refractivity contribution in [2.45, 2.75) is 20.4 Å². The van der Waals surface area contributed by atoms with E-state index in [1.54, 1.807) is 6.92 Å². The van der Waals surface area contributed by atoms with Gasteiger partial charge < -0.3 is 9.73 Å². The van der Waals surface area contributed by atoms with Gasteiger partial charge in [-0.25, -0.2) is 9.97 Å². The number of anilines is 1. The molecule has 0 amide bonds. The Labute approximate surface area is 113 Å². The van der Waals surface area contributed by atoms with E-state index in [2.05, 4.69) is 15.3 Å². The lowest BCUT2D eigenvalue weighted by Gasteiger charge is -2.04. The number of halogens is 1. The van der Waals surface area contributed by atoms with Crippen molar-refractivity contribution < 1.29 is 9.34 Å². The quantitative estimate of drug-likeness (QED) is 0.526. The van der Waals surface area contributed by atoms with Gasteiger partial charge in [-0.3, -0.25) is 10.1 Å². The van der Waals surface area contributed by atoms with Gasteiger partial charge in [-0.2, -0.15) is 0 Å². The summed E-state index contributed by atoms with van der Waals surface area (Å²) < 4.78 is 5.36. The van der Waals surface area contributed by atoms with Crippen LogP contribution in [0.4, 0.5) is 11.5 Å². The molecule has 0 fully saturated rings. The fraction of sp³-hybridized carbons (Fsp3) is 0.273. The molecule has 0 aliphatic rings. The molecule has 0 spiro atoms. The van der Waals surface area contributed by atoms with E-state index >= 15 is 0 Å². The van der Waals surface area contributed by atoms with Crippen molar-refractivity contribution in [3.8, 4) is 0 Å². The second-order valence-corrected chi connectivity index (χ2v) is 4.25. The van der Waals surface area contributed by atoms with Crippen molar-refractivity contribution in [3.05, 3.63) is 44.7 Å². The van der Waals surface area contributed by atoms with E-state index in [1.807, 2.05) is 6.92 Å². The summed E-state index contributed by atoms with van der Waals surface area (Å²) in [6.07, 6.45) is 0. The summed E-state index contributed by atoms with van der Waals surface area (Å²) in [7, 11) is 0. The van der Waals surface area contributed by atoms with Crippen LogP contribution in [0.1, 0.15) is 17.3 Å². The third kappa shape index (κ3) is 3.00. The summed E-state index contributed by atoms with van der Waals surface area (Å²) >= 11 is 5.72. The minimum Gasteiger partial charge on any atom is -0.444 e. The monoisotopic (exact) mass is 282 g/mol. The number of aromatic nitrogens is 2. The predicted molar refractivity (Wildman–Crippen MR) is 69.2 cm³/mol. The van der Waals surface area contributed by atoms with E-state index in [0.717, 1.165) is 5.69 Å². The topological polar surface area (TPSA) is 94.1 Å². The highest BCUT2D eigenvalue weighted by Gasteiger charge is 2.16. The van der Waals surface area contributed by atoms with Gasteiger partial charge in [0.05, 0.1) is 17.2 Å². The summed E-state index contributed by atoms with van der Waals surface area (Å²) in [5.41, 5.74) is 0.634. The molecule has 2 aromatic heterocycles. The normalized spacial score (nSPS) is 10.5. The number of rotatable bonds is 4. The zero-order valence-electron chi connectivity index (χ0n) is 10.3. The number of nitrogens with zero attached hydrogens (tertiary/aromatic N) is 3. The highest BCUT2D eigenvalue weighted by atomic mass is 35.5. The molecule has 8 heteroatoms. The first kappa shape index (κ1) is 13.3. The molecule has 19 heavy (non-hydrogen) atoms. The Morgan fingerprint density at radius 1 is 1.42 bits per heavy atom. The molecule has 0 unspecified atom stereocenters. The Hall–Kier alpha value is -2.15. The fourth-order valence-electron chi connectivity index (χ4n) is 1.48. The summed E-state index contributed by atoms with van der Waals surface area (Å²) in [6.45, 7) is 3.82. The number of pyridine rings is 1. The third-order valence-electron chi connectivity index (χ3n) is 2.52. The van der Waals surface area contributed by atoms with Gasteiger partial charge in [-0.05, 0) is 19.9 Å². The average molecular weight is 283 g/mol. The molecule has 2 heterocycles. The fourth-order valence-corrected chi connectivity index (χ4v) is 1.63. The van der Waals surface area contributed by atoms with E-state index in [4.69, 9.17) is 16.0 Å². The van der Waals surface area contributed by atoms with Crippen LogP contribution < -0.4 is 5.32 Å². The first-order valence-corrected chi connectivity index (χ1v) is 5.83. The van der Waals surface area contributed by atoms with Gasteiger partial charge >= 0.3 is 5.69 Å². The molecule has 2 rings (SSSR count). The van der Waals surface area contributed by atoms with E-state index in [9.17, 15) is 10.1 Å². The molecule has 0 radical (unpaired) electrons. The average Bonchev–Trinajstić information content (AvgIpc) is 2.66. The van der Waals surface area contributed by atoms with Crippen LogP contribution in [0.2, 0.25) is 5.15 Å². The first-order valence-electron chi connectivity index (χ1n) is 5.45. The van der Waals surface area contributed by atoms with Crippen molar-refractivity contribution >= 4 is 23.1 Å². The van der Waals surface area contributed by atoms with Crippen LogP contribution in [-0.2, 0) is 6.54 Å². The Bertz CT molecular complexity index is 607. The molecule has 0 bridgehead atoms. The Kier molecular flexibility index (Phi) is 3.66. The number of nitrogens with one attached hydrogen (secondary N) is 1. The maximum atomic E-state index is 10.8. The third-order valence-corrected chi connectivity index (χ3v) is 2.73. The van der Waals surface area contributed by atoms with E-state index in [0.29, 0.717) is 11.7 Å². The maximum absolute atomic E-state index is 10.8. The molecule has 100 valence electrons. The maximum Gasteiger partial charge on any atom is 0.311 e. The summed E-state index contributed by atoms with van der Waals surface area (Å²) in [4.78, 5) is 18.4. The first-order chi connectivity index (χ1) is 8.97. The summed E-state index contributed by atoms with van der Waals surface area (Å²) in [6, 6.07) is 2.66. The minimum absolute atomic E-state index is 0.0889. The van der Waals surface area contributed by atoms with Crippen LogP contribution >= 0.6 is 11.6 Å². The molecule has 0 aliphatic carbocycles. The lowest BCUT2D eigenvalue weighted by molar-refractivity contribution is -0.384. The molecular weight excluding hydrogens is 272 g/mol. The zero-order valence-corrected chi connectivity index (χ0v) is 11.1. The molecule has 0 aliphatic heterocycles. The number of nitro groups is 1. The summed E-state index contributed by atoms with van der Waals surface area (Å²) in [5.74, 6) is 1.24. The smallest absolute Gasteiger partial charge is 0.311 e. The van der Waals surface area contributed by atoms with Gasteiger partial charge in [-0.1, -0.05) is 11.6 Å². The van der Waals surface area contributed by atoms with Crippen molar-refractivity contribution in [3.63, 3.8) is 0 Å². The highest BCUT2D eigenvalue weighted by Crippen LogP contribution is 2.24. The molecule has 0 saturated carbocycles. The van der Waals surface area contributed by atoms with Crippen LogP contribution in [0.15, 0.2) is 16.5 Å². The number of hydrogen-bond donors (Lipinski definition) is 1. The van der Waals surface area contributed by atoms with Gasteiger partial charge in [0, 0.05) is 6.07 Å². The SMILES string of the molecule is Cc1nc(CNc2nc(Cl)ccc2[N+](=O)[O-])oc1C. The zero-order chi connectivity index (χ0) is 14.0. The Morgan fingerprint density at radius 2 is 2.16 bits per heavy atom. The molecule has 0 atom stereocenters. The van der Waals surface area contributed by atoms with Crippen LogP contribution in [0.25, 0.3) is 0 Å². The van der Waals surface area contributed by atoms with Gasteiger partial charge in [-0.15, -0.1) is 0 Å². The van der Waals surface area contributed by atoms with Gasteiger partial charge in [0.15, 0.2) is 0 Å². The van der Waals surface area contributed by atoms with Crippen molar-refractivity contribution in [2.75, 3.05) is 5.32 Å². The van der Waals surface area contributed by atoms with Gasteiger partial charge in [0.25, 0.3) is 0 Å².